The molecule has 1 fully saturated rings. The van der Waals surface area contributed by atoms with Crippen LogP contribution in [0.25, 0.3) is 0 Å². The highest BCUT2D eigenvalue weighted by Gasteiger charge is 2.33. The Morgan fingerprint density at radius 3 is 2.54 bits per heavy atom. The number of benzene rings is 2. The van der Waals surface area contributed by atoms with Gasteiger partial charge in [0, 0.05) is 17.6 Å². The average Bonchev–Trinajstić information content (AvgIpc) is 2.64. The molecule has 2 aromatic carbocycles. The molecule has 0 unspecified atom stereocenters. The van der Waals surface area contributed by atoms with Crippen LogP contribution in [-0.4, -0.2) is 31.7 Å². The minimum Gasteiger partial charge on any atom is -0.324 e. The first kappa shape index (κ1) is 19.4. The van der Waals surface area contributed by atoms with Gasteiger partial charge in [-0.2, -0.15) is 4.31 Å². The zero-order valence-corrected chi connectivity index (χ0v) is 17.0. The zero-order valence-electron chi connectivity index (χ0n) is 13.9. The summed E-state index contributed by atoms with van der Waals surface area (Å²) >= 11 is 9.38. The Morgan fingerprint density at radius 2 is 1.85 bits per heavy atom. The normalized spacial score (nSPS) is 18.5. The first-order valence-corrected chi connectivity index (χ1v) is 10.8. The number of rotatable bonds is 4. The Labute approximate surface area is 166 Å². The fourth-order valence-electron chi connectivity index (χ4n) is 2.93. The number of amides is 1. The molecule has 138 valence electrons. The summed E-state index contributed by atoms with van der Waals surface area (Å²) in [7, 11) is -3.62. The molecule has 0 bridgehead atoms. The van der Waals surface area contributed by atoms with E-state index in [0.717, 1.165) is 4.47 Å². The monoisotopic (exact) mass is 456 g/mol. The van der Waals surface area contributed by atoms with Crippen molar-refractivity contribution in [1.29, 1.82) is 0 Å². The zero-order chi connectivity index (χ0) is 18.7. The lowest BCUT2D eigenvalue weighted by atomic mass is 9.99. The molecule has 1 saturated heterocycles. The van der Waals surface area contributed by atoms with Crippen molar-refractivity contribution in [2.24, 2.45) is 5.92 Å². The smallest absolute Gasteiger partial charge is 0.243 e. The van der Waals surface area contributed by atoms with Crippen LogP contribution in [0.4, 0.5) is 5.69 Å². The van der Waals surface area contributed by atoms with Crippen molar-refractivity contribution in [2.45, 2.75) is 17.7 Å². The Kier molecular flexibility index (Phi) is 6.02. The molecule has 1 heterocycles. The highest BCUT2D eigenvalue weighted by molar-refractivity contribution is 9.10. The highest BCUT2D eigenvalue weighted by atomic mass is 79.9. The van der Waals surface area contributed by atoms with E-state index in [1.807, 2.05) is 0 Å². The third-order valence-electron chi connectivity index (χ3n) is 4.34. The first-order chi connectivity index (χ1) is 12.4. The summed E-state index contributed by atoms with van der Waals surface area (Å²) in [5.74, 6) is -0.626. The van der Waals surface area contributed by atoms with Gasteiger partial charge in [0.1, 0.15) is 0 Å². The van der Waals surface area contributed by atoms with Crippen LogP contribution in [-0.2, 0) is 14.8 Å². The highest BCUT2D eigenvalue weighted by Crippen LogP contribution is 2.27. The molecule has 26 heavy (non-hydrogen) atoms. The number of nitrogens with one attached hydrogen (secondary N) is 1. The number of piperidine rings is 1. The molecule has 2 aromatic rings. The third-order valence-corrected chi connectivity index (χ3v) is 7.08. The van der Waals surface area contributed by atoms with Crippen molar-refractivity contribution in [1.82, 2.24) is 4.31 Å². The van der Waals surface area contributed by atoms with Crippen LogP contribution >= 0.6 is 27.5 Å². The summed E-state index contributed by atoms with van der Waals surface area (Å²) in [6.45, 7) is 0.572. The minimum absolute atomic E-state index is 0.161. The lowest BCUT2D eigenvalue weighted by molar-refractivity contribution is -0.120. The van der Waals surface area contributed by atoms with Gasteiger partial charge in [-0.3, -0.25) is 4.79 Å². The predicted molar refractivity (Wildman–Crippen MR) is 106 cm³/mol. The molecule has 1 atom stereocenters. The summed E-state index contributed by atoms with van der Waals surface area (Å²) in [4.78, 5) is 12.8. The number of hydrogen-bond acceptors (Lipinski definition) is 3. The van der Waals surface area contributed by atoms with Crippen molar-refractivity contribution in [3.05, 3.63) is 58.0 Å². The third kappa shape index (κ3) is 4.28. The van der Waals surface area contributed by atoms with Gasteiger partial charge in [-0.05, 0) is 49.2 Å². The van der Waals surface area contributed by atoms with Gasteiger partial charge in [-0.25, -0.2) is 8.42 Å². The fourth-order valence-corrected chi connectivity index (χ4v) is 4.90. The topological polar surface area (TPSA) is 66.5 Å². The summed E-state index contributed by atoms with van der Waals surface area (Å²) in [5.41, 5.74) is 0.534. The molecule has 0 aromatic heterocycles. The number of halogens is 2. The van der Waals surface area contributed by atoms with Crippen molar-refractivity contribution in [3.63, 3.8) is 0 Å². The van der Waals surface area contributed by atoms with Gasteiger partial charge in [0.05, 0.1) is 21.5 Å². The lowest BCUT2D eigenvalue weighted by Gasteiger charge is -2.31. The maximum Gasteiger partial charge on any atom is 0.243 e. The van der Waals surface area contributed by atoms with Crippen LogP contribution in [0.3, 0.4) is 0 Å². The Hall–Kier alpha value is -1.41. The molecule has 5 nitrogen and oxygen atoms in total. The number of nitrogens with zero attached hydrogens (tertiary/aromatic N) is 1. The standard InChI is InChI=1S/C18H18BrClN2O3S/c19-14-7-9-15(10-8-14)26(24,25)22-11-3-4-13(12-22)18(23)21-17-6-2-1-5-16(17)20/h1-2,5-10,13H,3-4,11-12H2,(H,21,23)/t13-/m1/s1. The van der Waals surface area contributed by atoms with Crippen LogP contribution in [0.5, 0.6) is 0 Å². The number of para-hydroxylation sites is 1. The van der Waals surface area contributed by atoms with Crippen LogP contribution in [0.15, 0.2) is 57.9 Å². The quantitative estimate of drug-likeness (QED) is 0.750. The molecule has 8 heteroatoms. The van der Waals surface area contributed by atoms with Crippen molar-refractivity contribution in [2.75, 3.05) is 18.4 Å². The van der Waals surface area contributed by atoms with Gasteiger partial charge < -0.3 is 5.32 Å². The first-order valence-electron chi connectivity index (χ1n) is 8.19. The van der Waals surface area contributed by atoms with E-state index in [4.69, 9.17) is 11.6 Å². The number of carbonyl (C=O) groups is 1. The second-order valence-corrected chi connectivity index (χ2v) is 9.39. The molecule has 1 aliphatic rings. The molecular formula is C18H18BrClN2O3S. The molecule has 1 N–H and O–H groups in total. The maximum absolute atomic E-state index is 12.8. The summed E-state index contributed by atoms with van der Waals surface area (Å²) < 4.78 is 27.9. The molecule has 1 aliphatic heterocycles. The molecule has 1 amide bonds. The van der Waals surface area contributed by atoms with Crippen LogP contribution in [0.2, 0.25) is 5.02 Å². The van der Waals surface area contributed by atoms with Gasteiger partial charge in [0.2, 0.25) is 15.9 Å². The van der Waals surface area contributed by atoms with Crippen molar-refractivity contribution in [3.8, 4) is 0 Å². The van der Waals surface area contributed by atoms with E-state index in [-0.39, 0.29) is 17.3 Å². The number of sulfonamides is 1. The number of carbonyl (C=O) groups excluding carboxylic acids is 1. The van der Waals surface area contributed by atoms with Gasteiger partial charge in [0.15, 0.2) is 0 Å². The SMILES string of the molecule is O=C(Nc1ccccc1Cl)[C@@H]1CCCN(S(=O)(=O)c2ccc(Br)cc2)C1. The van der Waals surface area contributed by atoms with E-state index in [9.17, 15) is 13.2 Å². The Morgan fingerprint density at radius 1 is 1.15 bits per heavy atom. The predicted octanol–water partition coefficient (Wildman–Crippen LogP) is 4.14. The van der Waals surface area contributed by atoms with E-state index in [0.29, 0.717) is 30.1 Å². The van der Waals surface area contributed by atoms with E-state index in [1.54, 1.807) is 48.5 Å². The molecule has 0 spiro atoms. The second-order valence-electron chi connectivity index (χ2n) is 6.13. The lowest BCUT2D eigenvalue weighted by Crippen LogP contribution is -2.43. The van der Waals surface area contributed by atoms with Gasteiger partial charge in [-0.15, -0.1) is 0 Å². The van der Waals surface area contributed by atoms with Crippen molar-refractivity contribution < 1.29 is 13.2 Å². The van der Waals surface area contributed by atoms with Crippen LogP contribution in [0.1, 0.15) is 12.8 Å². The summed E-state index contributed by atoms with van der Waals surface area (Å²) in [6, 6.07) is 13.5. The van der Waals surface area contributed by atoms with Gasteiger partial charge in [-0.1, -0.05) is 39.7 Å². The summed E-state index contributed by atoms with van der Waals surface area (Å²) in [6.07, 6.45) is 1.28. The van der Waals surface area contributed by atoms with E-state index >= 15 is 0 Å². The van der Waals surface area contributed by atoms with Gasteiger partial charge >= 0.3 is 0 Å². The molecule has 0 saturated carbocycles. The van der Waals surface area contributed by atoms with Gasteiger partial charge in [0.25, 0.3) is 0 Å². The molecule has 0 aliphatic carbocycles. The average molecular weight is 458 g/mol. The molecule has 3 rings (SSSR count). The van der Waals surface area contributed by atoms with Crippen molar-refractivity contribution >= 4 is 49.1 Å². The van der Waals surface area contributed by atoms with E-state index in [1.165, 1.54) is 4.31 Å². The Bertz CT molecular complexity index is 903. The number of anilines is 1. The fraction of sp³-hybridized carbons (Fsp3) is 0.278. The summed E-state index contributed by atoms with van der Waals surface area (Å²) in [5, 5.41) is 3.26. The van der Waals surface area contributed by atoms with Crippen LogP contribution < -0.4 is 5.32 Å². The van der Waals surface area contributed by atoms with Crippen LogP contribution in [0, 0.1) is 5.92 Å². The minimum atomic E-state index is -3.62. The Balaban J connectivity index is 1.73. The van der Waals surface area contributed by atoms with E-state index < -0.39 is 15.9 Å². The molecule has 0 radical (unpaired) electrons. The number of hydrogen-bond donors (Lipinski definition) is 1. The largest absolute Gasteiger partial charge is 0.324 e. The maximum atomic E-state index is 12.8. The van der Waals surface area contributed by atoms with E-state index in [2.05, 4.69) is 21.2 Å². The molecular weight excluding hydrogens is 440 g/mol. The second kappa shape index (κ2) is 8.08.